The first-order valence-electron chi connectivity index (χ1n) is 7.98. The quantitative estimate of drug-likeness (QED) is 0.639. The molecule has 0 radical (unpaired) electrons. The van der Waals surface area contributed by atoms with Gasteiger partial charge in [0.15, 0.2) is 17.5 Å². The number of aromatic nitrogens is 2. The summed E-state index contributed by atoms with van der Waals surface area (Å²) in [6.07, 6.45) is 0. The van der Waals surface area contributed by atoms with Crippen molar-refractivity contribution < 1.29 is 13.2 Å². The lowest BCUT2D eigenvalue weighted by molar-refractivity contribution is 0.449. The lowest BCUT2D eigenvalue weighted by atomic mass is 10.1. The van der Waals surface area contributed by atoms with Crippen molar-refractivity contribution in [2.75, 3.05) is 10.6 Å². The highest BCUT2D eigenvalue weighted by Gasteiger charge is 2.14. The van der Waals surface area contributed by atoms with Gasteiger partial charge in [-0.2, -0.15) is 4.98 Å². The van der Waals surface area contributed by atoms with Crippen LogP contribution >= 0.6 is 0 Å². The Morgan fingerprint density at radius 2 is 1.62 bits per heavy atom. The van der Waals surface area contributed by atoms with Crippen molar-refractivity contribution in [2.24, 2.45) is 0 Å². The molecule has 7 heteroatoms. The van der Waals surface area contributed by atoms with E-state index in [2.05, 4.69) is 20.6 Å². The van der Waals surface area contributed by atoms with Crippen molar-refractivity contribution >= 4 is 17.5 Å². The maximum absolute atomic E-state index is 13.8. The summed E-state index contributed by atoms with van der Waals surface area (Å²) in [6.45, 7) is 4.32. The second-order valence-electron chi connectivity index (χ2n) is 5.91. The third-order valence-corrected chi connectivity index (χ3v) is 3.73. The zero-order valence-corrected chi connectivity index (χ0v) is 14.3. The van der Waals surface area contributed by atoms with Gasteiger partial charge in [-0.25, -0.2) is 18.2 Å². The van der Waals surface area contributed by atoms with Gasteiger partial charge in [0.1, 0.15) is 5.82 Å². The summed E-state index contributed by atoms with van der Waals surface area (Å²) < 4.78 is 40.2. The molecule has 0 fully saturated rings. The van der Waals surface area contributed by atoms with Crippen molar-refractivity contribution in [2.45, 2.75) is 20.4 Å². The minimum Gasteiger partial charge on any atom is -0.366 e. The van der Waals surface area contributed by atoms with Crippen LogP contribution in [0.25, 0.3) is 0 Å². The van der Waals surface area contributed by atoms with E-state index in [4.69, 9.17) is 0 Å². The van der Waals surface area contributed by atoms with Crippen LogP contribution in [-0.4, -0.2) is 9.97 Å². The Hall–Kier alpha value is -3.09. The lowest BCUT2D eigenvalue weighted by Gasteiger charge is -2.11. The van der Waals surface area contributed by atoms with Gasteiger partial charge >= 0.3 is 0 Å². The molecule has 1 aromatic heterocycles. The molecular formula is C19H17F3N4. The summed E-state index contributed by atoms with van der Waals surface area (Å²) in [5.74, 6) is -3.49. The normalized spacial score (nSPS) is 10.7. The number of anilines is 3. The van der Waals surface area contributed by atoms with E-state index >= 15 is 0 Å². The summed E-state index contributed by atoms with van der Waals surface area (Å²) in [6, 6.07) is 11.7. The first-order valence-corrected chi connectivity index (χ1v) is 7.98. The molecular weight excluding hydrogens is 341 g/mol. The van der Waals surface area contributed by atoms with Gasteiger partial charge < -0.3 is 10.6 Å². The maximum Gasteiger partial charge on any atom is 0.229 e. The Morgan fingerprint density at radius 1 is 0.885 bits per heavy atom. The van der Waals surface area contributed by atoms with E-state index in [0.717, 1.165) is 17.7 Å². The number of benzene rings is 2. The minimum absolute atomic E-state index is 0.0846. The maximum atomic E-state index is 13.8. The van der Waals surface area contributed by atoms with Crippen molar-refractivity contribution in [3.8, 4) is 0 Å². The summed E-state index contributed by atoms with van der Waals surface area (Å²) in [4.78, 5) is 8.38. The van der Waals surface area contributed by atoms with E-state index in [1.165, 1.54) is 5.56 Å². The van der Waals surface area contributed by atoms with Gasteiger partial charge in [0.2, 0.25) is 5.95 Å². The monoisotopic (exact) mass is 358 g/mol. The number of hydrogen-bond donors (Lipinski definition) is 2. The van der Waals surface area contributed by atoms with Crippen LogP contribution in [-0.2, 0) is 6.54 Å². The highest BCUT2D eigenvalue weighted by molar-refractivity contribution is 5.56. The fourth-order valence-electron chi connectivity index (χ4n) is 2.36. The Labute approximate surface area is 149 Å². The molecule has 0 amide bonds. The van der Waals surface area contributed by atoms with Gasteiger partial charge in [0, 0.05) is 18.3 Å². The molecule has 134 valence electrons. The molecule has 0 bridgehead atoms. The van der Waals surface area contributed by atoms with Crippen LogP contribution in [0.15, 0.2) is 42.5 Å². The average molecular weight is 358 g/mol. The van der Waals surface area contributed by atoms with Crippen LogP contribution in [0.2, 0.25) is 0 Å². The fourth-order valence-corrected chi connectivity index (χ4v) is 2.36. The van der Waals surface area contributed by atoms with Gasteiger partial charge in [-0.15, -0.1) is 0 Å². The Morgan fingerprint density at radius 3 is 2.35 bits per heavy atom. The highest BCUT2D eigenvalue weighted by atomic mass is 19.2. The average Bonchev–Trinajstić information content (AvgIpc) is 2.61. The van der Waals surface area contributed by atoms with Crippen LogP contribution in [0, 0.1) is 31.3 Å². The van der Waals surface area contributed by atoms with Crippen LogP contribution in [0.1, 0.15) is 16.8 Å². The van der Waals surface area contributed by atoms with E-state index in [1.54, 1.807) is 13.0 Å². The number of aryl methyl sites for hydroxylation is 2. The second kappa shape index (κ2) is 7.43. The van der Waals surface area contributed by atoms with Gasteiger partial charge in [-0.3, -0.25) is 0 Å². The van der Waals surface area contributed by atoms with Crippen molar-refractivity contribution in [3.05, 3.63) is 76.7 Å². The summed E-state index contributed by atoms with van der Waals surface area (Å²) in [7, 11) is 0. The molecule has 0 saturated heterocycles. The topological polar surface area (TPSA) is 49.8 Å². The molecule has 0 aliphatic rings. The van der Waals surface area contributed by atoms with Crippen LogP contribution in [0.3, 0.4) is 0 Å². The Kier molecular flexibility index (Phi) is 5.06. The molecule has 0 unspecified atom stereocenters. The lowest BCUT2D eigenvalue weighted by Crippen LogP contribution is -2.07. The molecule has 2 aromatic carbocycles. The smallest absolute Gasteiger partial charge is 0.229 e. The Bertz CT molecular complexity index is 927. The SMILES string of the molecule is Cc1ccc(CNc2cc(C)nc(Nc3ccc(F)c(F)c3F)n2)cc1. The molecule has 2 N–H and O–H groups in total. The molecule has 0 saturated carbocycles. The molecule has 3 aromatic rings. The first-order chi connectivity index (χ1) is 12.4. The zero-order chi connectivity index (χ0) is 18.7. The molecule has 4 nitrogen and oxygen atoms in total. The molecule has 0 spiro atoms. The van der Waals surface area contributed by atoms with E-state index in [1.807, 2.05) is 31.2 Å². The summed E-state index contributed by atoms with van der Waals surface area (Å²) in [5.41, 5.74) is 2.65. The molecule has 1 heterocycles. The van der Waals surface area contributed by atoms with E-state index in [0.29, 0.717) is 18.1 Å². The van der Waals surface area contributed by atoms with Crippen LogP contribution in [0.5, 0.6) is 0 Å². The zero-order valence-electron chi connectivity index (χ0n) is 14.3. The highest BCUT2D eigenvalue weighted by Crippen LogP contribution is 2.23. The van der Waals surface area contributed by atoms with Crippen LogP contribution in [0.4, 0.5) is 30.6 Å². The van der Waals surface area contributed by atoms with Gasteiger partial charge in [-0.1, -0.05) is 29.8 Å². The van der Waals surface area contributed by atoms with E-state index in [-0.39, 0.29) is 11.6 Å². The third-order valence-electron chi connectivity index (χ3n) is 3.73. The Balaban J connectivity index is 1.77. The molecule has 0 aliphatic heterocycles. The largest absolute Gasteiger partial charge is 0.366 e. The van der Waals surface area contributed by atoms with Crippen molar-refractivity contribution in [1.29, 1.82) is 0 Å². The van der Waals surface area contributed by atoms with E-state index < -0.39 is 17.5 Å². The van der Waals surface area contributed by atoms with Crippen LogP contribution < -0.4 is 10.6 Å². The number of nitrogens with one attached hydrogen (secondary N) is 2. The van der Waals surface area contributed by atoms with Gasteiger partial charge in [0.05, 0.1) is 5.69 Å². The minimum atomic E-state index is -1.54. The fraction of sp³-hybridized carbons (Fsp3) is 0.158. The predicted molar refractivity (Wildman–Crippen MR) is 94.9 cm³/mol. The number of rotatable bonds is 5. The van der Waals surface area contributed by atoms with Crippen molar-refractivity contribution in [3.63, 3.8) is 0 Å². The number of nitrogens with zero attached hydrogens (tertiary/aromatic N) is 2. The first kappa shape index (κ1) is 17.7. The predicted octanol–water partition coefficient (Wildman–Crippen LogP) is 4.87. The van der Waals surface area contributed by atoms with Gasteiger partial charge in [-0.05, 0) is 31.5 Å². The second-order valence-corrected chi connectivity index (χ2v) is 5.91. The summed E-state index contributed by atoms with van der Waals surface area (Å²) in [5, 5.41) is 5.75. The molecule has 0 aliphatic carbocycles. The standard InChI is InChI=1S/C19H17F3N4/c1-11-3-5-13(6-4-11)10-23-16-9-12(2)24-19(26-16)25-15-8-7-14(20)17(21)18(15)22/h3-9H,10H2,1-2H3,(H2,23,24,25,26). The third kappa shape index (κ3) is 4.11. The molecule has 3 rings (SSSR count). The molecule has 26 heavy (non-hydrogen) atoms. The van der Waals surface area contributed by atoms with Crippen molar-refractivity contribution in [1.82, 2.24) is 9.97 Å². The molecule has 0 atom stereocenters. The number of halogens is 3. The summed E-state index contributed by atoms with van der Waals surface area (Å²) >= 11 is 0. The van der Waals surface area contributed by atoms with Gasteiger partial charge in [0.25, 0.3) is 0 Å². The van der Waals surface area contributed by atoms with E-state index in [9.17, 15) is 13.2 Å². The number of hydrogen-bond acceptors (Lipinski definition) is 4.